The Morgan fingerprint density at radius 2 is 1.97 bits per heavy atom. The van der Waals surface area contributed by atoms with Gasteiger partial charge in [-0.15, -0.1) is 0 Å². The van der Waals surface area contributed by atoms with E-state index in [0.717, 1.165) is 22.4 Å². The van der Waals surface area contributed by atoms with Crippen LogP contribution in [0.2, 0.25) is 10.0 Å². The van der Waals surface area contributed by atoms with Crippen molar-refractivity contribution in [1.29, 1.82) is 5.26 Å². The fourth-order valence-corrected chi connectivity index (χ4v) is 3.33. The predicted molar refractivity (Wildman–Crippen MR) is 123 cm³/mol. The van der Waals surface area contributed by atoms with Crippen LogP contribution in [0, 0.1) is 18.3 Å². The van der Waals surface area contributed by atoms with E-state index in [-0.39, 0.29) is 0 Å². The monoisotopic (exact) mass is 454 g/mol. The maximum atomic E-state index is 9.49. The number of pyridine rings is 1. The number of rotatable bonds is 8. The largest absolute Gasteiger partial charge is 0.489 e. The maximum Gasteiger partial charge on any atom is 0.164 e. The van der Waals surface area contributed by atoms with Crippen LogP contribution in [0.5, 0.6) is 5.75 Å². The molecule has 0 fully saturated rings. The molecule has 0 aliphatic rings. The molecule has 8 heteroatoms. The average molecular weight is 455 g/mol. The van der Waals surface area contributed by atoms with Gasteiger partial charge in [0.25, 0.3) is 0 Å². The quantitative estimate of drug-likeness (QED) is 0.346. The Morgan fingerprint density at radius 3 is 2.71 bits per heavy atom. The first-order valence-electron chi connectivity index (χ1n) is 9.35. The molecule has 2 aromatic carbocycles. The SMILES string of the molecule is COCc1cc(C)nc(NN=Cc2cccc(OCc3ccc(Cl)cc3Cl)c2)c1C#N. The summed E-state index contributed by atoms with van der Waals surface area (Å²) >= 11 is 12.1. The lowest BCUT2D eigenvalue weighted by Crippen LogP contribution is -2.03. The summed E-state index contributed by atoms with van der Waals surface area (Å²) in [4.78, 5) is 4.36. The zero-order chi connectivity index (χ0) is 22.2. The summed E-state index contributed by atoms with van der Waals surface area (Å²) in [7, 11) is 1.58. The van der Waals surface area contributed by atoms with Crippen molar-refractivity contribution >= 4 is 35.2 Å². The molecule has 158 valence electrons. The molecule has 0 unspecified atom stereocenters. The molecule has 1 heterocycles. The lowest BCUT2D eigenvalue weighted by molar-refractivity contribution is 0.184. The summed E-state index contributed by atoms with van der Waals surface area (Å²) in [5.41, 5.74) is 6.43. The Morgan fingerprint density at radius 1 is 1.13 bits per heavy atom. The lowest BCUT2D eigenvalue weighted by Gasteiger charge is -2.09. The second kappa shape index (κ2) is 10.8. The molecule has 0 atom stereocenters. The van der Waals surface area contributed by atoms with Gasteiger partial charge < -0.3 is 9.47 Å². The van der Waals surface area contributed by atoms with Crippen LogP contribution in [-0.4, -0.2) is 18.3 Å². The van der Waals surface area contributed by atoms with Crippen molar-refractivity contribution in [2.75, 3.05) is 12.5 Å². The third-order valence-electron chi connectivity index (χ3n) is 4.29. The standard InChI is InChI=1S/C23H20Cl2N4O2/c1-15-8-18(13-30-2)21(11-26)23(28-15)29-27-12-16-4-3-5-20(9-16)31-14-17-6-7-19(24)10-22(17)25/h3-10,12H,13-14H2,1-2H3,(H,28,29). The second-order valence-corrected chi connectivity index (χ2v) is 7.50. The number of hydrogen-bond donors (Lipinski definition) is 1. The number of hydrogen-bond acceptors (Lipinski definition) is 6. The van der Waals surface area contributed by atoms with E-state index < -0.39 is 0 Å². The number of hydrazone groups is 1. The maximum absolute atomic E-state index is 9.49. The number of anilines is 1. The van der Waals surface area contributed by atoms with Crippen molar-refractivity contribution in [2.24, 2.45) is 5.10 Å². The van der Waals surface area contributed by atoms with Crippen LogP contribution in [0.3, 0.4) is 0 Å². The minimum atomic E-state index is 0.315. The smallest absolute Gasteiger partial charge is 0.164 e. The van der Waals surface area contributed by atoms with Gasteiger partial charge in [0.05, 0.1) is 12.8 Å². The number of aromatic nitrogens is 1. The van der Waals surface area contributed by atoms with E-state index in [9.17, 15) is 5.26 Å². The summed E-state index contributed by atoms with van der Waals surface area (Å²) < 4.78 is 11.0. The highest BCUT2D eigenvalue weighted by Crippen LogP contribution is 2.23. The van der Waals surface area contributed by atoms with Crippen molar-refractivity contribution in [1.82, 2.24) is 4.98 Å². The van der Waals surface area contributed by atoms with E-state index in [1.807, 2.05) is 43.3 Å². The highest BCUT2D eigenvalue weighted by atomic mass is 35.5. The van der Waals surface area contributed by atoms with Crippen LogP contribution in [0.1, 0.15) is 27.9 Å². The van der Waals surface area contributed by atoms with E-state index in [1.165, 1.54) is 0 Å². The van der Waals surface area contributed by atoms with E-state index in [2.05, 4.69) is 21.6 Å². The molecule has 0 aliphatic carbocycles. The van der Waals surface area contributed by atoms with Gasteiger partial charge in [0.15, 0.2) is 5.82 Å². The van der Waals surface area contributed by atoms with Crippen LogP contribution < -0.4 is 10.2 Å². The molecule has 0 bridgehead atoms. The molecule has 0 spiro atoms. The highest BCUT2D eigenvalue weighted by molar-refractivity contribution is 6.35. The molecule has 0 saturated carbocycles. The van der Waals surface area contributed by atoms with Crippen LogP contribution >= 0.6 is 23.2 Å². The van der Waals surface area contributed by atoms with Crippen LogP contribution in [0.4, 0.5) is 5.82 Å². The van der Waals surface area contributed by atoms with E-state index in [1.54, 1.807) is 25.5 Å². The van der Waals surface area contributed by atoms with E-state index >= 15 is 0 Å². The van der Waals surface area contributed by atoms with Crippen molar-refractivity contribution in [3.8, 4) is 11.8 Å². The molecule has 0 saturated heterocycles. The minimum absolute atomic E-state index is 0.315. The molecular formula is C23H20Cl2N4O2. The Hall–Kier alpha value is -3.11. The van der Waals surface area contributed by atoms with Crippen molar-refractivity contribution in [3.63, 3.8) is 0 Å². The molecule has 6 nitrogen and oxygen atoms in total. The summed E-state index contributed by atoms with van der Waals surface area (Å²) in [6.45, 7) is 2.49. The van der Waals surface area contributed by atoms with Crippen molar-refractivity contribution in [2.45, 2.75) is 20.1 Å². The lowest BCUT2D eigenvalue weighted by atomic mass is 10.1. The highest BCUT2D eigenvalue weighted by Gasteiger charge is 2.11. The van der Waals surface area contributed by atoms with Gasteiger partial charge in [-0.05, 0) is 42.8 Å². The number of nitriles is 1. The normalized spacial score (nSPS) is 10.8. The molecule has 1 N–H and O–H groups in total. The number of halogens is 2. The predicted octanol–water partition coefficient (Wildman–Crippen LogP) is 5.74. The third-order valence-corrected chi connectivity index (χ3v) is 4.88. The number of ether oxygens (including phenoxy) is 2. The number of nitrogens with zero attached hydrogens (tertiary/aromatic N) is 3. The van der Waals surface area contributed by atoms with Crippen molar-refractivity contribution < 1.29 is 9.47 Å². The first-order valence-corrected chi connectivity index (χ1v) is 10.1. The van der Waals surface area contributed by atoms with Gasteiger partial charge >= 0.3 is 0 Å². The summed E-state index contributed by atoms with van der Waals surface area (Å²) in [6.07, 6.45) is 1.63. The van der Waals surface area contributed by atoms with Gasteiger partial charge in [-0.2, -0.15) is 10.4 Å². The Bertz CT molecular complexity index is 1140. The fourth-order valence-electron chi connectivity index (χ4n) is 2.87. The molecule has 0 radical (unpaired) electrons. The molecule has 1 aromatic heterocycles. The first kappa shape index (κ1) is 22.6. The number of benzene rings is 2. The van der Waals surface area contributed by atoms with Gasteiger partial charge in [0.2, 0.25) is 0 Å². The minimum Gasteiger partial charge on any atom is -0.489 e. The van der Waals surface area contributed by atoms with Gasteiger partial charge in [0, 0.05) is 34.0 Å². The Labute approximate surface area is 191 Å². The molecular weight excluding hydrogens is 435 g/mol. The Kier molecular flexibility index (Phi) is 7.85. The van der Waals surface area contributed by atoms with Crippen LogP contribution in [0.25, 0.3) is 0 Å². The molecule has 31 heavy (non-hydrogen) atoms. The molecule has 3 aromatic rings. The van der Waals surface area contributed by atoms with Crippen molar-refractivity contribution in [3.05, 3.63) is 86.5 Å². The number of nitrogens with one attached hydrogen (secondary N) is 1. The van der Waals surface area contributed by atoms with Gasteiger partial charge in [-0.3, -0.25) is 5.43 Å². The molecule has 3 rings (SSSR count). The van der Waals surface area contributed by atoms with Crippen LogP contribution in [-0.2, 0) is 18.0 Å². The zero-order valence-corrected chi connectivity index (χ0v) is 18.5. The average Bonchev–Trinajstić information content (AvgIpc) is 2.73. The third kappa shape index (κ3) is 6.19. The second-order valence-electron chi connectivity index (χ2n) is 6.66. The van der Waals surface area contributed by atoms with Gasteiger partial charge in [0.1, 0.15) is 24.0 Å². The summed E-state index contributed by atoms with van der Waals surface area (Å²) in [5, 5.41) is 14.8. The number of methoxy groups -OCH3 is 1. The first-order chi connectivity index (χ1) is 15.0. The van der Waals surface area contributed by atoms with Gasteiger partial charge in [-0.25, -0.2) is 4.98 Å². The van der Waals surface area contributed by atoms with Gasteiger partial charge in [-0.1, -0.05) is 41.4 Å². The molecule has 0 aliphatic heterocycles. The zero-order valence-electron chi connectivity index (χ0n) is 17.0. The fraction of sp³-hybridized carbons (Fsp3) is 0.174. The topological polar surface area (TPSA) is 79.5 Å². The Balaban J connectivity index is 1.69. The van der Waals surface area contributed by atoms with E-state index in [4.69, 9.17) is 32.7 Å². The number of aryl methyl sites for hydroxylation is 1. The summed E-state index contributed by atoms with van der Waals surface area (Å²) in [6, 6.07) is 16.7. The summed E-state index contributed by atoms with van der Waals surface area (Å²) in [5.74, 6) is 1.05. The van der Waals surface area contributed by atoms with Crippen LogP contribution in [0.15, 0.2) is 53.6 Å². The van der Waals surface area contributed by atoms with E-state index in [0.29, 0.717) is 40.4 Å². The molecule has 0 amide bonds.